The average Bonchev–Trinajstić information content (AvgIpc) is 2.81. The summed E-state index contributed by atoms with van der Waals surface area (Å²) in [6, 6.07) is 5.67. The molecular formula is C13H17N3O2. The molecule has 1 aromatic heterocycles. The van der Waals surface area contributed by atoms with Crippen LogP contribution in [0, 0.1) is 0 Å². The summed E-state index contributed by atoms with van der Waals surface area (Å²) in [7, 11) is 5.24. The van der Waals surface area contributed by atoms with Gasteiger partial charge >= 0.3 is 0 Å². The topological polar surface area (TPSA) is 48.3 Å². The lowest BCUT2D eigenvalue weighted by Gasteiger charge is -2.12. The molecule has 18 heavy (non-hydrogen) atoms. The van der Waals surface area contributed by atoms with Crippen LogP contribution in [0.2, 0.25) is 0 Å². The second-order valence-electron chi connectivity index (χ2n) is 3.87. The minimum Gasteiger partial charge on any atom is -0.497 e. The van der Waals surface area contributed by atoms with Crippen LogP contribution in [0.5, 0.6) is 11.5 Å². The molecule has 2 rings (SSSR count). The van der Waals surface area contributed by atoms with E-state index in [0.717, 1.165) is 23.0 Å². The highest BCUT2D eigenvalue weighted by Gasteiger charge is 2.06. The molecule has 2 aromatic rings. The minimum atomic E-state index is 0.645. The number of aromatic nitrogens is 2. The van der Waals surface area contributed by atoms with Crippen LogP contribution in [0.25, 0.3) is 0 Å². The lowest BCUT2D eigenvalue weighted by Crippen LogP contribution is -2.06. The number of ether oxygens (including phenoxy) is 2. The Labute approximate surface area is 106 Å². The first kappa shape index (κ1) is 12.3. The summed E-state index contributed by atoms with van der Waals surface area (Å²) in [6.45, 7) is 0.645. The van der Waals surface area contributed by atoms with E-state index in [1.165, 1.54) is 0 Å². The van der Waals surface area contributed by atoms with Gasteiger partial charge in [-0.3, -0.25) is 0 Å². The second kappa shape index (κ2) is 5.44. The predicted molar refractivity (Wildman–Crippen MR) is 70.1 cm³/mol. The van der Waals surface area contributed by atoms with Crippen molar-refractivity contribution in [1.29, 1.82) is 0 Å². The Morgan fingerprint density at radius 1 is 1.28 bits per heavy atom. The van der Waals surface area contributed by atoms with Crippen molar-refractivity contribution in [1.82, 2.24) is 9.55 Å². The first-order valence-electron chi connectivity index (χ1n) is 5.66. The number of rotatable bonds is 5. The number of hydrogen-bond donors (Lipinski definition) is 1. The van der Waals surface area contributed by atoms with E-state index in [1.807, 2.05) is 36.0 Å². The van der Waals surface area contributed by atoms with E-state index >= 15 is 0 Å². The molecule has 0 radical (unpaired) electrons. The number of hydrogen-bond acceptors (Lipinski definition) is 4. The van der Waals surface area contributed by atoms with Crippen LogP contribution in [0.1, 0.15) is 5.82 Å². The molecular weight excluding hydrogens is 230 g/mol. The molecule has 0 saturated carbocycles. The van der Waals surface area contributed by atoms with Crippen molar-refractivity contribution in [2.75, 3.05) is 19.5 Å². The van der Waals surface area contributed by atoms with Crippen molar-refractivity contribution < 1.29 is 9.47 Å². The average molecular weight is 247 g/mol. The third-order valence-corrected chi connectivity index (χ3v) is 2.77. The maximum Gasteiger partial charge on any atom is 0.145 e. The summed E-state index contributed by atoms with van der Waals surface area (Å²) in [5.74, 6) is 2.49. The smallest absolute Gasteiger partial charge is 0.145 e. The van der Waals surface area contributed by atoms with Crippen LogP contribution in [0.4, 0.5) is 5.69 Å². The quantitative estimate of drug-likeness (QED) is 0.878. The Morgan fingerprint density at radius 2 is 2.11 bits per heavy atom. The Hall–Kier alpha value is -2.17. The standard InChI is InChI=1S/C13H17N3O2/c1-16-7-6-14-13(16)9-15-11-5-4-10(17-2)8-12(11)18-3/h4-8,15H,9H2,1-3H3. The van der Waals surface area contributed by atoms with E-state index in [1.54, 1.807) is 20.4 Å². The van der Waals surface area contributed by atoms with Gasteiger partial charge in [0, 0.05) is 25.5 Å². The molecule has 0 atom stereocenters. The summed E-state index contributed by atoms with van der Waals surface area (Å²) in [5, 5.41) is 3.29. The SMILES string of the molecule is COc1ccc(NCc2nccn2C)c(OC)c1. The molecule has 0 aliphatic carbocycles. The first-order valence-corrected chi connectivity index (χ1v) is 5.66. The fourth-order valence-electron chi connectivity index (χ4n) is 1.69. The number of benzene rings is 1. The van der Waals surface area contributed by atoms with Gasteiger partial charge in [0.25, 0.3) is 0 Å². The Morgan fingerprint density at radius 3 is 2.72 bits per heavy atom. The van der Waals surface area contributed by atoms with Gasteiger partial charge in [0.05, 0.1) is 26.5 Å². The first-order chi connectivity index (χ1) is 8.74. The van der Waals surface area contributed by atoms with Crippen LogP contribution in [-0.2, 0) is 13.6 Å². The fourth-order valence-corrected chi connectivity index (χ4v) is 1.69. The molecule has 0 bridgehead atoms. The van der Waals surface area contributed by atoms with Crippen LogP contribution >= 0.6 is 0 Å². The monoisotopic (exact) mass is 247 g/mol. The molecule has 1 N–H and O–H groups in total. The molecule has 0 saturated heterocycles. The molecule has 1 heterocycles. The summed E-state index contributed by atoms with van der Waals surface area (Å²) < 4.78 is 12.5. The van der Waals surface area contributed by atoms with E-state index in [9.17, 15) is 0 Å². The van der Waals surface area contributed by atoms with Gasteiger partial charge in [-0.15, -0.1) is 0 Å². The van der Waals surface area contributed by atoms with Gasteiger partial charge in [-0.25, -0.2) is 4.98 Å². The van der Waals surface area contributed by atoms with Crippen LogP contribution in [0.3, 0.4) is 0 Å². The summed E-state index contributed by atoms with van der Waals surface area (Å²) in [6.07, 6.45) is 3.70. The van der Waals surface area contributed by atoms with E-state index in [-0.39, 0.29) is 0 Å². The third-order valence-electron chi connectivity index (χ3n) is 2.77. The lowest BCUT2D eigenvalue weighted by atomic mass is 10.2. The van der Waals surface area contributed by atoms with E-state index in [0.29, 0.717) is 6.54 Å². The Bertz CT molecular complexity index is 523. The van der Waals surface area contributed by atoms with Gasteiger partial charge in [0.2, 0.25) is 0 Å². The van der Waals surface area contributed by atoms with Gasteiger partial charge in [0.15, 0.2) is 0 Å². The molecule has 5 heteroatoms. The molecule has 0 aliphatic heterocycles. The van der Waals surface area contributed by atoms with Crippen molar-refractivity contribution in [3.05, 3.63) is 36.4 Å². The van der Waals surface area contributed by atoms with Crippen molar-refractivity contribution in [2.45, 2.75) is 6.54 Å². The Kier molecular flexibility index (Phi) is 3.72. The van der Waals surface area contributed by atoms with Crippen LogP contribution < -0.4 is 14.8 Å². The molecule has 5 nitrogen and oxygen atoms in total. The maximum atomic E-state index is 5.32. The molecule has 96 valence electrons. The number of nitrogens with one attached hydrogen (secondary N) is 1. The number of anilines is 1. The predicted octanol–water partition coefficient (Wildman–Crippen LogP) is 2.05. The second-order valence-corrected chi connectivity index (χ2v) is 3.87. The van der Waals surface area contributed by atoms with Gasteiger partial charge in [-0.1, -0.05) is 0 Å². The van der Waals surface area contributed by atoms with Gasteiger partial charge < -0.3 is 19.4 Å². The van der Waals surface area contributed by atoms with E-state index in [4.69, 9.17) is 9.47 Å². The Balaban J connectivity index is 2.11. The van der Waals surface area contributed by atoms with Crippen molar-refractivity contribution >= 4 is 5.69 Å². The van der Waals surface area contributed by atoms with Crippen molar-refractivity contribution in [3.8, 4) is 11.5 Å². The van der Waals surface area contributed by atoms with Crippen molar-refractivity contribution in [2.24, 2.45) is 7.05 Å². The number of imidazole rings is 1. The lowest BCUT2D eigenvalue weighted by molar-refractivity contribution is 0.395. The van der Waals surface area contributed by atoms with Crippen LogP contribution in [0.15, 0.2) is 30.6 Å². The van der Waals surface area contributed by atoms with Crippen molar-refractivity contribution in [3.63, 3.8) is 0 Å². The number of methoxy groups -OCH3 is 2. The summed E-state index contributed by atoms with van der Waals surface area (Å²) in [5.41, 5.74) is 0.918. The number of aryl methyl sites for hydroxylation is 1. The van der Waals surface area contributed by atoms with Crippen LogP contribution in [-0.4, -0.2) is 23.8 Å². The van der Waals surface area contributed by atoms with Gasteiger partial charge in [-0.05, 0) is 12.1 Å². The minimum absolute atomic E-state index is 0.645. The highest BCUT2D eigenvalue weighted by Crippen LogP contribution is 2.29. The molecule has 0 fully saturated rings. The zero-order valence-electron chi connectivity index (χ0n) is 10.8. The zero-order chi connectivity index (χ0) is 13.0. The largest absolute Gasteiger partial charge is 0.497 e. The maximum absolute atomic E-state index is 5.32. The van der Waals surface area contributed by atoms with E-state index in [2.05, 4.69) is 10.3 Å². The van der Waals surface area contributed by atoms with E-state index < -0.39 is 0 Å². The molecule has 1 aromatic carbocycles. The number of nitrogens with zero attached hydrogens (tertiary/aromatic N) is 2. The highest BCUT2D eigenvalue weighted by molar-refractivity contribution is 5.59. The fraction of sp³-hybridized carbons (Fsp3) is 0.308. The summed E-state index contributed by atoms with van der Waals surface area (Å²) in [4.78, 5) is 4.26. The summed E-state index contributed by atoms with van der Waals surface area (Å²) >= 11 is 0. The normalized spacial score (nSPS) is 10.2. The van der Waals surface area contributed by atoms with Gasteiger partial charge in [0.1, 0.15) is 17.3 Å². The highest BCUT2D eigenvalue weighted by atomic mass is 16.5. The molecule has 0 aliphatic rings. The molecule has 0 spiro atoms. The zero-order valence-corrected chi connectivity index (χ0v) is 10.8. The molecule has 0 amide bonds. The molecule has 0 unspecified atom stereocenters. The van der Waals surface area contributed by atoms with Gasteiger partial charge in [-0.2, -0.15) is 0 Å². The third kappa shape index (κ3) is 2.56.